The van der Waals surface area contributed by atoms with Crippen LogP contribution < -0.4 is 19.3 Å². The molecule has 6 nitrogen and oxygen atoms in total. The number of hydrogen-bond acceptors (Lipinski definition) is 4. The van der Waals surface area contributed by atoms with E-state index in [0.29, 0.717) is 36.0 Å². The number of anilines is 2. The lowest BCUT2D eigenvalue weighted by Gasteiger charge is -2.24. The maximum Gasteiger partial charge on any atom is 0.232 e. The maximum atomic E-state index is 13.2. The van der Waals surface area contributed by atoms with Gasteiger partial charge in [-0.25, -0.2) is 4.39 Å². The van der Waals surface area contributed by atoms with Gasteiger partial charge >= 0.3 is 0 Å². The average Bonchev–Trinajstić information content (AvgIpc) is 3.29. The zero-order valence-corrected chi connectivity index (χ0v) is 14.9. The monoisotopic (exact) mass is 370 g/mol. The van der Waals surface area contributed by atoms with Crippen molar-refractivity contribution in [3.63, 3.8) is 0 Å². The van der Waals surface area contributed by atoms with Gasteiger partial charge in [-0.1, -0.05) is 0 Å². The number of carbonyl (C=O) groups is 2. The predicted molar refractivity (Wildman–Crippen MR) is 97.5 cm³/mol. The van der Waals surface area contributed by atoms with Crippen LogP contribution in [0.15, 0.2) is 42.5 Å². The topological polar surface area (TPSA) is 59.1 Å². The average molecular weight is 370 g/mol. The number of ether oxygens (including phenoxy) is 2. The highest BCUT2D eigenvalue weighted by molar-refractivity contribution is 6.04. The minimum atomic E-state index is -0.451. The molecule has 4 rings (SSSR count). The first-order valence-corrected chi connectivity index (χ1v) is 8.83. The van der Waals surface area contributed by atoms with Gasteiger partial charge in [0.05, 0.1) is 5.92 Å². The van der Waals surface area contributed by atoms with E-state index in [9.17, 15) is 14.0 Å². The SMILES string of the molecule is CCN(C(=O)C1CC(=O)N(c2ccc3c(c2)OCO3)C1)c1ccc(F)cc1. The van der Waals surface area contributed by atoms with Crippen LogP contribution in [0.25, 0.3) is 0 Å². The fourth-order valence-electron chi connectivity index (χ4n) is 3.48. The number of rotatable bonds is 4. The van der Waals surface area contributed by atoms with Crippen molar-refractivity contribution < 1.29 is 23.5 Å². The van der Waals surface area contributed by atoms with E-state index in [1.165, 1.54) is 12.1 Å². The van der Waals surface area contributed by atoms with E-state index >= 15 is 0 Å². The number of amides is 2. The molecule has 0 aliphatic carbocycles. The molecular formula is C20H19FN2O4. The molecule has 0 aromatic heterocycles. The molecule has 0 radical (unpaired) electrons. The van der Waals surface area contributed by atoms with Crippen LogP contribution in [-0.4, -0.2) is 31.7 Å². The Morgan fingerprint density at radius 1 is 1.19 bits per heavy atom. The summed E-state index contributed by atoms with van der Waals surface area (Å²) in [5.74, 6) is 0.186. The molecule has 2 aliphatic rings. The summed E-state index contributed by atoms with van der Waals surface area (Å²) >= 11 is 0. The zero-order chi connectivity index (χ0) is 19.0. The standard InChI is InChI=1S/C20H19FN2O4/c1-2-22(15-5-3-14(21)4-6-15)20(25)13-9-19(24)23(11-13)16-7-8-17-18(10-16)27-12-26-17/h3-8,10,13H,2,9,11-12H2,1H3. The first-order valence-electron chi connectivity index (χ1n) is 8.83. The van der Waals surface area contributed by atoms with Gasteiger partial charge in [0, 0.05) is 37.0 Å². The second-order valence-electron chi connectivity index (χ2n) is 6.50. The second kappa shape index (κ2) is 6.90. The molecule has 7 heteroatoms. The summed E-state index contributed by atoms with van der Waals surface area (Å²) in [7, 11) is 0. The Bertz CT molecular complexity index is 884. The van der Waals surface area contributed by atoms with Crippen molar-refractivity contribution in [2.24, 2.45) is 5.92 Å². The lowest BCUT2D eigenvalue weighted by Crippen LogP contribution is -2.37. The van der Waals surface area contributed by atoms with Crippen molar-refractivity contribution in [1.82, 2.24) is 0 Å². The Morgan fingerprint density at radius 2 is 1.93 bits per heavy atom. The highest BCUT2D eigenvalue weighted by Crippen LogP contribution is 2.37. The summed E-state index contributed by atoms with van der Waals surface area (Å²) in [6.07, 6.45) is 0.144. The van der Waals surface area contributed by atoms with Crippen molar-refractivity contribution in [3.8, 4) is 11.5 Å². The predicted octanol–water partition coefficient (Wildman–Crippen LogP) is 2.96. The van der Waals surface area contributed by atoms with Gasteiger partial charge in [0.2, 0.25) is 18.6 Å². The van der Waals surface area contributed by atoms with E-state index < -0.39 is 5.92 Å². The molecule has 0 N–H and O–H groups in total. The highest BCUT2D eigenvalue weighted by Gasteiger charge is 2.37. The first kappa shape index (κ1) is 17.3. The van der Waals surface area contributed by atoms with Gasteiger partial charge in [0.1, 0.15) is 5.82 Å². The van der Waals surface area contributed by atoms with Crippen LogP contribution in [0.3, 0.4) is 0 Å². The summed E-state index contributed by atoms with van der Waals surface area (Å²) in [5, 5.41) is 0. The van der Waals surface area contributed by atoms with E-state index in [2.05, 4.69) is 0 Å². The fraction of sp³-hybridized carbons (Fsp3) is 0.300. The molecule has 0 spiro atoms. The smallest absolute Gasteiger partial charge is 0.232 e. The maximum absolute atomic E-state index is 13.2. The van der Waals surface area contributed by atoms with Crippen LogP contribution in [0.5, 0.6) is 11.5 Å². The lowest BCUT2D eigenvalue weighted by molar-refractivity contribution is -0.124. The van der Waals surface area contributed by atoms with Crippen molar-refractivity contribution >= 4 is 23.2 Å². The van der Waals surface area contributed by atoms with Crippen molar-refractivity contribution in [2.45, 2.75) is 13.3 Å². The molecule has 1 saturated heterocycles. The van der Waals surface area contributed by atoms with Gasteiger partial charge in [0.15, 0.2) is 11.5 Å². The van der Waals surface area contributed by atoms with E-state index in [1.807, 2.05) is 6.92 Å². The summed E-state index contributed by atoms with van der Waals surface area (Å²) in [6.45, 7) is 2.76. The number of benzene rings is 2. The summed E-state index contributed by atoms with van der Waals surface area (Å²) in [6, 6.07) is 11.1. The van der Waals surface area contributed by atoms with Gasteiger partial charge < -0.3 is 19.3 Å². The molecule has 2 amide bonds. The second-order valence-corrected chi connectivity index (χ2v) is 6.50. The number of nitrogens with zero attached hydrogens (tertiary/aromatic N) is 2. The van der Waals surface area contributed by atoms with Crippen molar-refractivity contribution in [3.05, 3.63) is 48.3 Å². The molecule has 0 saturated carbocycles. The normalized spacial score (nSPS) is 18.1. The molecule has 1 unspecified atom stereocenters. The van der Waals surface area contributed by atoms with Crippen LogP contribution in [0.1, 0.15) is 13.3 Å². The Hall–Kier alpha value is -3.09. The van der Waals surface area contributed by atoms with Crippen LogP contribution in [0.2, 0.25) is 0 Å². The molecule has 2 aromatic rings. The minimum Gasteiger partial charge on any atom is -0.454 e. The van der Waals surface area contributed by atoms with E-state index in [-0.39, 0.29) is 30.8 Å². The van der Waals surface area contributed by atoms with Gasteiger partial charge in [-0.05, 0) is 43.3 Å². The third-order valence-electron chi connectivity index (χ3n) is 4.86. The van der Waals surface area contributed by atoms with Gasteiger partial charge in [0.25, 0.3) is 0 Å². The molecular weight excluding hydrogens is 351 g/mol. The Labute approximate surface area is 156 Å². The Kier molecular flexibility index (Phi) is 4.43. The van der Waals surface area contributed by atoms with Gasteiger partial charge in [-0.15, -0.1) is 0 Å². The Morgan fingerprint density at radius 3 is 2.67 bits per heavy atom. The molecule has 2 heterocycles. The molecule has 1 fully saturated rings. The summed E-state index contributed by atoms with van der Waals surface area (Å²) < 4.78 is 23.8. The van der Waals surface area contributed by atoms with Crippen LogP contribution in [0.4, 0.5) is 15.8 Å². The van der Waals surface area contributed by atoms with E-state index in [0.717, 1.165) is 0 Å². The first-order chi connectivity index (χ1) is 13.1. The molecule has 2 aromatic carbocycles. The minimum absolute atomic E-state index is 0.109. The largest absolute Gasteiger partial charge is 0.454 e. The van der Waals surface area contributed by atoms with Crippen LogP contribution in [-0.2, 0) is 9.59 Å². The quantitative estimate of drug-likeness (QED) is 0.830. The number of carbonyl (C=O) groups excluding carboxylic acids is 2. The number of halogens is 1. The summed E-state index contributed by atoms with van der Waals surface area (Å²) in [4.78, 5) is 28.7. The van der Waals surface area contributed by atoms with Gasteiger partial charge in [-0.3, -0.25) is 9.59 Å². The third kappa shape index (κ3) is 3.20. The molecule has 140 valence electrons. The third-order valence-corrected chi connectivity index (χ3v) is 4.86. The molecule has 2 aliphatic heterocycles. The molecule has 1 atom stereocenters. The van der Waals surface area contributed by atoms with Crippen molar-refractivity contribution in [1.29, 1.82) is 0 Å². The number of fused-ring (bicyclic) bond motifs is 1. The van der Waals surface area contributed by atoms with E-state index in [1.54, 1.807) is 40.1 Å². The van der Waals surface area contributed by atoms with Crippen LogP contribution >= 0.6 is 0 Å². The summed E-state index contributed by atoms with van der Waals surface area (Å²) in [5.41, 5.74) is 1.31. The Balaban J connectivity index is 1.52. The highest BCUT2D eigenvalue weighted by atomic mass is 19.1. The lowest BCUT2D eigenvalue weighted by atomic mass is 10.1. The fourth-order valence-corrected chi connectivity index (χ4v) is 3.48. The molecule has 27 heavy (non-hydrogen) atoms. The van der Waals surface area contributed by atoms with E-state index in [4.69, 9.17) is 9.47 Å². The number of hydrogen-bond donors (Lipinski definition) is 0. The molecule has 0 bridgehead atoms. The van der Waals surface area contributed by atoms with Crippen LogP contribution in [0, 0.1) is 11.7 Å². The van der Waals surface area contributed by atoms with Crippen molar-refractivity contribution in [2.75, 3.05) is 29.7 Å². The zero-order valence-electron chi connectivity index (χ0n) is 14.9. The van der Waals surface area contributed by atoms with Gasteiger partial charge in [-0.2, -0.15) is 0 Å².